The molecule has 2 heterocycles. The van der Waals surface area contributed by atoms with Crippen molar-refractivity contribution in [2.75, 3.05) is 13.6 Å². The minimum Gasteiger partial charge on any atom is -0.467 e. The number of likely N-dealkylation sites (N-methyl/N-ethyl adjacent to an activating group) is 1. The highest BCUT2D eigenvalue weighted by atomic mass is 35.5. The first kappa shape index (κ1) is 21.4. The molecule has 0 radical (unpaired) electrons. The lowest BCUT2D eigenvalue weighted by atomic mass is 10.2. The molecule has 2 aromatic heterocycles. The lowest BCUT2D eigenvalue weighted by Crippen LogP contribution is -2.38. The first-order chi connectivity index (χ1) is 14.2. The number of nitrogens with one attached hydrogen (secondary N) is 1. The van der Waals surface area contributed by atoms with E-state index in [1.54, 1.807) is 12.1 Å². The second kappa shape index (κ2) is 8.62. The average molecular weight is 441 g/mol. The highest BCUT2D eigenvalue weighted by Gasteiger charge is 2.41. The number of aromatic nitrogens is 2. The number of rotatable bonds is 6. The third-order valence-electron chi connectivity index (χ3n) is 4.09. The Morgan fingerprint density at radius 1 is 1.27 bits per heavy atom. The minimum atomic E-state index is -4.87. The van der Waals surface area contributed by atoms with Gasteiger partial charge >= 0.3 is 6.18 Å². The third kappa shape index (κ3) is 4.82. The summed E-state index contributed by atoms with van der Waals surface area (Å²) in [5.41, 5.74) is -1.88. The van der Waals surface area contributed by atoms with Gasteiger partial charge in [-0.1, -0.05) is 17.7 Å². The largest absolute Gasteiger partial charge is 0.467 e. The van der Waals surface area contributed by atoms with Crippen molar-refractivity contribution < 1.29 is 27.2 Å². The Balaban J connectivity index is 1.80. The Morgan fingerprint density at radius 2 is 2.03 bits per heavy atom. The summed E-state index contributed by atoms with van der Waals surface area (Å²) in [5, 5.41) is 6.46. The van der Waals surface area contributed by atoms with Gasteiger partial charge in [-0.05, 0) is 30.3 Å². The van der Waals surface area contributed by atoms with Crippen molar-refractivity contribution in [3.8, 4) is 5.69 Å². The number of furan rings is 1. The van der Waals surface area contributed by atoms with Gasteiger partial charge < -0.3 is 14.6 Å². The highest BCUT2D eigenvalue weighted by molar-refractivity contribution is 6.30. The number of hydrogen-bond acceptors (Lipinski definition) is 4. The van der Waals surface area contributed by atoms with E-state index in [-0.39, 0.29) is 17.3 Å². The zero-order valence-corrected chi connectivity index (χ0v) is 16.4. The van der Waals surface area contributed by atoms with Crippen LogP contribution in [0.5, 0.6) is 0 Å². The van der Waals surface area contributed by atoms with Crippen LogP contribution in [0.4, 0.5) is 13.2 Å². The maximum absolute atomic E-state index is 13.7. The normalized spacial score (nSPS) is 11.4. The summed E-state index contributed by atoms with van der Waals surface area (Å²) in [6.45, 7) is -0.354. The molecular weight excluding hydrogens is 425 g/mol. The van der Waals surface area contributed by atoms with Gasteiger partial charge in [0.1, 0.15) is 5.76 Å². The van der Waals surface area contributed by atoms with E-state index in [2.05, 4.69) is 10.4 Å². The Bertz CT molecular complexity index is 1050. The van der Waals surface area contributed by atoms with Crippen LogP contribution in [0.25, 0.3) is 5.69 Å². The molecule has 2 amide bonds. The highest BCUT2D eigenvalue weighted by Crippen LogP contribution is 2.34. The number of carbonyl (C=O) groups excluding carboxylic acids is 2. The van der Waals surface area contributed by atoms with E-state index in [1.807, 2.05) is 0 Å². The zero-order valence-electron chi connectivity index (χ0n) is 15.6. The van der Waals surface area contributed by atoms with Gasteiger partial charge in [0.2, 0.25) is 5.91 Å². The van der Waals surface area contributed by atoms with Crippen LogP contribution < -0.4 is 5.32 Å². The summed E-state index contributed by atoms with van der Waals surface area (Å²) in [6.07, 6.45) is -2.61. The van der Waals surface area contributed by atoms with Crippen LogP contribution in [0.2, 0.25) is 5.02 Å². The van der Waals surface area contributed by atoms with Crippen molar-refractivity contribution in [3.63, 3.8) is 0 Å². The molecule has 0 unspecified atom stereocenters. The fourth-order valence-electron chi connectivity index (χ4n) is 2.73. The average Bonchev–Trinajstić information content (AvgIpc) is 3.35. The molecule has 11 heteroatoms. The maximum atomic E-state index is 13.7. The molecule has 1 N–H and O–H groups in total. The number of halogens is 4. The summed E-state index contributed by atoms with van der Waals surface area (Å²) >= 11 is 5.86. The fourth-order valence-corrected chi connectivity index (χ4v) is 2.91. The quantitative estimate of drug-likeness (QED) is 0.636. The Labute approximate surface area is 174 Å². The second-order valence-electron chi connectivity index (χ2n) is 6.31. The van der Waals surface area contributed by atoms with Crippen molar-refractivity contribution in [1.82, 2.24) is 20.0 Å². The molecule has 3 rings (SSSR count). The van der Waals surface area contributed by atoms with E-state index in [4.69, 9.17) is 16.0 Å². The van der Waals surface area contributed by atoms with E-state index in [0.29, 0.717) is 10.4 Å². The van der Waals surface area contributed by atoms with Crippen LogP contribution in [0, 0.1) is 0 Å². The smallest absolute Gasteiger partial charge is 0.434 e. The lowest BCUT2D eigenvalue weighted by molar-refractivity contribution is -0.143. The van der Waals surface area contributed by atoms with Gasteiger partial charge in [-0.2, -0.15) is 18.3 Å². The number of benzene rings is 1. The molecule has 30 heavy (non-hydrogen) atoms. The molecule has 0 fully saturated rings. The van der Waals surface area contributed by atoms with E-state index in [1.165, 1.54) is 37.6 Å². The minimum absolute atomic E-state index is 0.0488. The molecule has 0 aliphatic rings. The van der Waals surface area contributed by atoms with Gasteiger partial charge in [-0.25, -0.2) is 4.68 Å². The zero-order chi connectivity index (χ0) is 21.9. The predicted molar refractivity (Wildman–Crippen MR) is 101 cm³/mol. The van der Waals surface area contributed by atoms with Crippen LogP contribution in [0.3, 0.4) is 0 Å². The van der Waals surface area contributed by atoms with Crippen molar-refractivity contribution >= 4 is 23.4 Å². The van der Waals surface area contributed by atoms with Crippen LogP contribution in [0.15, 0.2) is 53.3 Å². The van der Waals surface area contributed by atoms with Crippen LogP contribution in [-0.4, -0.2) is 40.1 Å². The van der Waals surface area contributed by atoms with Crippen molar-refractivity contribution in [2.24, 2.45) is 0 Å². The molecule has 158 valence electrons. The van der Waals surface area contributed by atoms with E-state index in [9.17, 15) is 22.8 Å². The summed E-state index contributed by atoms with van der Waals surface area (Å²) in [7, 11) is 1.23. The number of carbonyl (C=O) groups is 2. The number of hydrogen-bond donors (Lipinski definition) is 1. The van der Waals surface area contributed by atoms with E-state index < -0.39 is 35.8 Å². The van der Waals surface area contributed by atoms with E-state index >= 15 is 0 Å². The third-order valence-corrected chi connectivity index (χ3v) is 4.32. The molecule has 0 saturated heterocycles. The Morgan fingerprint density at radius 3 is 2.67 bits per heavy atom. The van der Waals surface area contributed by atoms with Gasteiger partial charge in [0.15, 0.2) is 5.69 Å². The van der Waals surface area contributed by atoms with Crippen LogP contribution in [0.1, 0.15) is 21.8 Å². The first-order valence-electron chi connectivity index (χ1n) is 8.62. The Kier molecular flexibility index (Phi) is 6.16. The molecule has 0 aliphatic carbocycles. The van der Waals surface area contributed by atoms with Gasteiger partial charge in [0, 0.05) is 12.1 Å². The maximum Gasteiger partial charge on any atom is 0.434 e. The van der Waals surface area contributed by atoms with Crippen molar-refractivity contribution in [2.45, 2.75) is 12.7 Å². The standard InChI is InChI=1S/C19H16ClF3N4O3/c1-26(11-16(28)24-9-14-6-3-7-30-14)18(29)15-10-25-27(17(15)19(21,22)23)13-5-2-4-12(20)8-13/h2-8,10H,9,11H2,1H3,(H,24,28). The molecule has 0 aliphatic heterocycles. The summed E-state index contributed by atoms with van der Waals surface area (Å²) in [6, 6.07) is 8.94. The molecule has 3 aromatic rings. The number of nitrogens with zero attached hydrogens (tertiary/aromatic N) is 3. The molecule has 0 atom stereocenters. The number of alkyl halides is 3. The second-order valence-corrected chi connectivity index (χ2v) is 6.75. The fraction of sp³-hybridized carbons (Fsp3) is 0.211. The van der Waals surface area contributed by atoms with Crippen LogP contribution in [-0.2, 0) is 17.5 Å². The number of amides is 2. The molecular formula is C19H16ClF3N4O3. The lowest BCUT2D eigenvalue weighted by Gasteiger charge is -2.18. The molecule has 0 saturated carbocycles. The van der Waals surface area contributed by atoms with Gasteiger partial charge in [-0.3, -0.25) is 9.59 Å². The molecule has 7 nitrogen and oxygen atoms in total. The molecule has 0 bridgehead atoms. The summed E-state index contributed by atoms with van der Waals surface area (Å²) in [4.78, 5) is 25.5. The topological polar surface area (TPSA) is 80.4 Å². The molecule has 0 spiro atoms. The monoisotopic (exact) mass is 440 g/mol. The van der Waals surface area contributed by atoms with Gasteiger partial charge in [0.25, 0.3) is 5.91 Å². The molecule has 1 aromatic carbocycles. The SMILES string of the molecule is CN(CC(=O)NCc1ccco1)C(=O)c1cnn(-c2cccc(Cl)c2)c1C(F)(F)F. The summed E-state index contributed by atoms with van der Waals surface area (Å²) in [5.74, 6) is -1.05. The Hall–Kier alpha value is -3.27. The van der Waals surface area contributed by atoms with Crippen molar-refractivity contribution in [1.29, 1.82) is 0 Å². The van der Waals surface area contributed by atoms with Gasteiger partial charge in [0.05, 0.1) is 36.8 Å². The van der Waals surface area contributed by atoms with E-state index in [0.717, 1.165) is 11.1 Å². The van der Waals surface area contributed by atoms with Gasteiger partial charge in [-0.15, -0.1) is 0 Å². The van der Waals surface area contributed by atoms with Crippen LogP contribution >= 0.6 is 11.6 Å². The predicted octanol–water partition coefficient (Wildman–Crippen LogP) is 3.53. The summed E-state index contributed by atoms with van der Waals surface area (Å²) < 4.78 is 46.9. The first-order valence-corrected chi connectivity index (χ1v) is 9.00. The van der Waals surface area contributed by atoms with Crippen molar-refractivity contribution in [3.05, 3.63) is 70.9 Å².